The van der Waals surface area contributed by atoms with Gasteiger partial charge in [-0.1, -0.05) is 72.8 Å². The Bertz CT molecular complexity index is 2750. The van der Waals surface area contributed by atoms with Crippen molar-refractivity contribution in [3.8, 4) is 22.3 Å². The van der Waals surface area contributed by atoms with E-state index in [0.29, 0.717) is 53.7 Å². The van der Waals surface area contributed by atoms with E-state index in [4.69, 9.17) is 9.47 Å². The number of Topliss-reactive ketones (excluding diaryl/α,β-unsaturated/α-hetero) is 1. The number of nitrogens with zero attached hydrogens (tertiary/aromatic N) is 2. The first kappa shape index (κ1) is 49.0. The third-order valence-electron chi connectivity index (χ3n) is 12.7. The monoisotopic (exact) mass is 936 g/mol. The Morgan fingerprint density at radius 3 is 1.29 bits per heavy atom. The highest BCUT2D eigenvalue weighted by atomic mass is 19.2. The van der Waals surface area contributed by atoms with Crippen LogP contribution in [0, 0.1) is 34.9 Å². The number of aliphatic hydroxyl groups is 1. The van der Waals surface area contributed by atoms with Crippen LogP contribution in [0.5, 0.6) is 0 Å². The zero-order valence-corrected chi connectivity index (χ0v) is 37.8. The minimum absolute atomic E-state index is 0.00449. The number of ether oxygens (including phenoxy) is 2. The molecule has 2 heterocycles. The van der Waals surface area contributed by atoms with Crippen molar-refractivity contribution < 1.29 is 55.3 Å². The van der Waals surface area contributed by atoms with E-state index in [1.165, 1.54) is 67.6 Å². The van der Waals surface area contributed by atoms with E-state index in [9.17, 15) is 45.8 Å². The van der Waals surface area contributed by atoms with Crippen molar-refractivity contribution in [1.82, 2.24) is 9.80 Å². The summed E-state index contributed by atoms with van der Waals surface area (Å²) in [7, 11) is 0. The van der Waals surface area contributed by atoms with Crippen LogP contribution in [0.15, 0.2) is 133 Å². The highest BCUT2D eigenvalue weighted by Crippen LogP contribution is 2.42. The van der Waals surface area contributed by atoms with Gasteiger partial charge in [0.2, 0.25) is 0 Å². The molecule has 0 radical (unpaired) electrons. The highest BCUT2D eigenvalue weighted by molar-refractivity contribution is 5.78. The standard InChI is InChI=1S/C27H26F3NO3.C27H24F3NO3/c2*1-17(32)16-27(21-7-9-22(28)10-8-21)13-14-31(26(33)34-27)18(2)19-3-5-20(6-4-19)24-12-11-23(29)15-25(24)30/h3-12,15,17-18,32H,13-14,16H2,1-2H3;3-12,15,18H,13-14,16H2,1-2H3/t17?,18-,27-;18-,27-/m00/s1. The van der Waals surface area contributed by atoms with Gasteiger partial charge in [0.25, 0.3) is 0 Å². The zero-order valence-electron chi connectivity index (χ0n) is 37.8. The van der Waals surface area contributed by atoms with Gasteiger partial charge < -0.3 is 24.4 Å². The number of carbonyl (C=O) groups is 3. The number of hydrogen-bond acceptors (Lipinski definition) is 6. The number of ketones is 1. The fourth-order valence-electron chi connectivity index (χ4n) is 9.01. The van der Waals surface area contributed by atoms with Gasteiger partial charge in [0.1, 0.15) is 51.9 Å². The van der Waals surface area contributed by atoms with Gasteiger partial charge in [-0.05, 0) is 110 Å². The lowest BCUT2D eigenvalue weighted by Crippen LogP contribution is -2.49. The van der Waals surface area contributed by atoms with E-state index in [-0.39, 0.29) is 36.3 Å². The maximum absolute atomic E-state index is 14.1. The van der Waals surface area contributed by atoms with Crippen LogP contribution in [0.1, 0.15) is 87.7 Å². The normalized spacial score (nSPS) is 19.5. The minimum Gasteiger partial charge on any atom is -0.438 e. The maximum Gasteiger partial charge on any atom is 0.411 e. The predicted octanol–water partition coefficient (Wildman–Crippen LogP) is 12.9. The molecule has 0 aromatic heterocycles. The topological polar surface area (TPSA) is 96.4 Å². The Labute approximate surface area is 390 Å². The number of halogens is 6. The number of aliphatic hydroxyl groups excluding tert-OH is 1. The molecule has 2 amide bonds. The van der Waals surface area contributed by atoms with Gasteiger partial charge in [-0.15, -0.1) is 0 Å². The average Bonchev–Trinajstić information content (AvgIpc) is 3.29. The van der Waals surface area contributed by atoms with Crippen LogP contribution in [0.25, 0.3) is 22.3 Å². The minimum atomic E-state index is -1.14. The Kier molecular flexibility index (Phi) is 14.8. The molecule has 8 nitrogen and oxygen atoms in total. The van der Waals surface area contributed by atoms with Crippen molar-refractivity contribution in [3.05, 3.63) is 191 Å². The molecule has 1 unspecified atom stereocenters. The summed E-state index contributed by atoms with van der Waals surface area (Å²) in [6.07, 6.45) is -0.822. The number of cyclic esters (lactones) is 2. The van der Waals surface area contributed by atoms with Crippen LogP contribution in [-0.2, 0) is 25.5 Å². The third kappa shape index (κ3) is 10.9. The molecule has 0 spiro atoms. The first-order valence-electron chi connectivity index (χ1n) is 22.2. The van der Waals surface area contributed by atoms with Crippen molar-refractivity contribution >= 4 is 18.0 Å². The molecular formula is C54H50F6N2O6. The number of carbonyl (C=O) groups excluding carboxylic acids is 3. The Morgan fingerprint density at radius 1 is 0.559 bits per heavy atom. The second kappa shape index (κ2) is 20.5. The van der Waals surface area contributed by atoms with Crippen molar-refractivity contribution in [2.24, 2.45) is 0 Å². The summed E-state index contributed by atoms with van der Waals surface area (Å²) in [4.78, 5) is 41.2. The van der Waals surface area contributed by atoms with E-state index < -0.39 is 64.4 Å². The molecule has 1 N–H and O–H groups in total. The van der Waals surface area contributed by atoms with Gasteiger partial charge in [0, 0.05) is 55.6 Å². The summed E-state index contributed by atoms with van der Waals surface area (Å²) in [6, 6.07) is 31.7. The van der Waals surface area contributed by atoms with Crippen LogP contribution >= 0.6 is 0 Å². The van der Waals surface area contributed by atoms with Crippen LogP contribution in [0.4, 0.5) is 35.9 Å². The molecule has 0 bridgehead atoms. The molecule has 354 valence electrons. The first-order chi connectivity index (χ1) is 32.4. The fraction of sp³-hybridized carbons (Fsp3) is 0.278. The Balaban J connectivity index is 0.000000201. The lowest BCUT2D eigenvalue weighted by Gasteiger charge is -2.44. The lowest BCUT2D eigenvalue weighted by atomic mass is 9.83. The SMILES string of the molecule is CC(=O)C[C@]1(c2ccc(F)cc2)CCN([C@@H](C)c2ccc(-c3ccc(F)cc3F)cc2)C(=O)O1.CC(O)C[C@]1(c2ccc(F)cc2)CCN([C@@H](C)c2ccc(-c3ccc(F)cc3F)cc2)C(=O)O1. The molecule has 0 aliphatic carbocycles. The smallest absolute Gasteiger partial charge is 0.411 e. The quantitative estimate of drug-likeness (QED) is 0.123. The van der Waals surface area contributed by atoms with Crippen LogP contribution in [0.3, 0.4) is 0 Å². The average molecular weight is 937 g/mol. The molecule has 68 heavy (non-hydrogen) atoms. The highest BCUT2D eigenvalue weighted by Gasteiger charge is 2.46. The second-order valence-electron chi connectivity index (χ2n) is 17.4. The Morgan fingerprint density at radius 2 is 0.926 bits per heavy atom. The summed E-state index contributed by atoms with van der Waals surface area (Å²) < 4.78 is 93.3. The van der Waals surface area contributed by atoms with Crippen LogP contribution in [-0.4, -0.2) is 52.1 Å². The first-order valence-corrected chi connectivity index (χ1v) is 22.2. The van der Waals surface area contributed by atoms with E-state index in [1.54, 1.807) is 77.4 Å². The summed E-state index contributed by atoms with van der Waals surface area (Å²) in [5.74, 6) is -3.51. The van der Waals surface area contributed by atoms with Crippen molar-refractivity contribution in [1.29, 1.82) is 0 Å². The van der Waals surface area contributed by atoms with Gasteiger partial charge in [0.15, 0.2) is 0 Å². The number of rotatable bonds is 12. The van der Waals surface area contributed by atoms with Gasteiger partial charge >= 0.3 is 12.2 Å². The van der Waals surface area contributed by atoms with E-state index in [2.05, 4.69) is 0 Å². The van der Waals surface area contributed by atoms with Crippen LogP contribution in [0.2, 0.25) is 0 Å². The molecular weight excluding hydrogens is 887 g/mol. The van der Waals surface area contributed by atoms with Gasteiger partial charge in [0.05, 0.1) is 24.6 Å². The zero-order chi connectivity index (χ0) is 48.9. The summed E-state index contributed by atoms with van der Waals surface area (Å²) in [6.45, 7) is 7.48. The summed E-state index contributed by atoms with van der Waals surface area (Å²) >= 11 is 0. The molecule has 14 heteroatoms. The second-order valence-corrected chi connectivity index (χ2v) is 17.4. The van der Waals surface area contributed by atoms with Gasteiger partial charge in [-0.2, -0.15) is 0 Å². The number of hydrogen-bond donors (Lipinski definition) is 1. The lowest BCUT2D eigenvalue weighted by molar-refractivity contribution is -0.126. The molecule has 2 aliphatic heterocycles. The van der Waals surface area contributed by atoms with Crippen molar-refractivity contribution in [3.63, 3.8) is 0 Å². The molecule has 5 atom stereocenters. The maximum atomic E-state index is 14.1. The van der Waals surface area contributed by atoms with E-state index in [1.807, 2.05) is 13.8 Å². The molecule has 6 aromatic rings. The van der Waals surface area contributed by atoms with Gasteiger partial charge in [-0.25, -0.2) is 35.9 Å². The molecule has 8 rings (SSSR count). The number of benzene rings is 6. The molecule has 6 aromatic carbocycles. The summed E-state index contributed by atoms with van der Waals surface area (Å²) in [5.41, 5.74) is 2.43. The molecule has 2 aliphatic rings. The fourth-order valence-corrected chi connectivity index (χ4v) is 9.01. The molecule has 2 saturated heterocycles. The largest absolute Gasteiger partial charge is 0.438 e. The molecule has 2 fully saturated rings. The van der Waals surface area contributed by atoms with Crippen LogP contribution < -0.4 is 0 Å². The number of amides is 2. The van der Waals surface area contributed by atoms with Crippen molar-refractivity contribution in [2.75, 3.05) is 13.1 Å². The van der Waals surface area contributed by atoms with Crippen molar-refractivity contribution in [2.45, 2.75) is 82.8 Å². The van der Waals surface area contributed by atoms with E-state index >= 15 is 0 Å². The summed E-state index contributed by atoms with van der Waals surface area (Å²) in [5, 5.41) is 10.1. The third-order valence-corrected chi connectivity index (χ3v) is 12.7. The predicted molar refractivity (Wildman–Crippen MR) is 244 cm³/mol. The molecule has 0 saturated carbocycles. The van der Waals surface area contributed by atoms with Gasteiger partial charge in [-0.3, -0.25) is 4.79 Å². The van der Waals surface area contributed by atoms with E-state index in [0.717, 1.165) is 23.3 Å². The Hall–Kier alpha value is -6.93.